The van der Waals surface area contributed by atoms with Crippen LogP contribution in [0.25, 0.3) is 0 Å². The molecule has 2 amide bonds. The molecule has 0 saturated carbocycles. The molecule has 4 nitrogen and oxygen atoms in total. The maximum absolute atomic E-state index is 11.0. The molecular formula is C9H16N2O2. The molecule has 0 atom stereocenters. The van der Waals surface area contributed by atoms with Crippen LogP contribution in [0.1, 0.15) is 20.3 Å². The van der Waals surface area contributed by atoms with E-state index in [0.717, 1.165) is 6.08 Å². The molecule has 0 fully saturated rings. The number of hydrogen-bond acceptors (Lipinski definition) is 2. The number of amides is 2. The molecule has 0 aromatic rings. The van der Waals surface area contributed by atoms with Gasteiger partial charge in [0.05, 0.1) is 6.67 Å². The summed E-state index contributed by atoms with van der Waals surface area (Å²) in [6, 6.07) is 0. The first-order valence-corrected chi connectivity index (χ1v) is 4.23. The molecule has 0 bridgehead atoms. The van der Waals surface area contributed by atoms with E-state index < -0.39 is 0 Å². The monoisotopic (exact) mass is 184 g/mol. The van der Waals surface area contributed by atoms with E-state index in [4.69, 9.17) is 0 Å². The van der Waals surface area contributed by atoms with Crippen molar-refractivity contribution in [2.75, 3.05) is 6.67 Å². The molecule has 4 heteroatoms. The molecule has 0 aliphatic heterocycles. The van der Waals surface area contributed by atoms with Crippen LogP contribution in [-0.4, -0.2) is 18.5 Å². The summed E-state index contributed by atoms with van der Waals surface area (Å²) in [6.45, 7) is 7.37. The lowest BCUT2D eigenvalue weighted by Crippen LogP contribution is -2.36. The van der Waals surface area contributed by atoms with Crippen molar-refractivity contribution in [1.82, 2.24) is 10.6 Å². The third-order valence-electron chi connectivity index (χ3n) is 1.33. The highest BCUT2D eigenvalue weighted by atomic mass is 16.2. The highest BCUT2D eigenvalue weighted by Crippen LogP contribution is 1.97. The van der Waals surface area contributed by atoms with Gasteiger partial charge in [-0.1, -0.05) is 20.4 Å². The summed E-state index contributed by atoms with van der Waals surface area (Å²) < 4.78 is 0. The Morgan fingerprint density at radius 2 is 2.00 bits per heavy atom. The fourth-order valence-electron chi connectivity index (χ4n) is 0.745. The fourth-order valence-corrected chi connectivity index (χ4v) is 0.745. The summed E-state index contributed by atoms with van der Waals surface area (Å²) in [5.41, 5.74) is 0. The molecule has 0 radical (unpaired) electrons. The molecule has 74 valence electrons. The Balaban J connectivity index is 3.48. The zero-order valence-electron chi connectivity index (χ0n) is 8.09. The van der Waals surface area contributed by atoms with Gasteiger partial charge in [0.2, 0.25) is 11.8 Å². The third kappa shape index (κ3) is 7.05. The van der Waals surface area contributed by atoms with E-state index >= 15 is 0 Å². The van der Waals surface area contributed by atoms with Crippen molar-refractivity contribution >= 4 is 11.8 Å². The Morgan fingerprint density at radius 1 is 1.38 bits per heavy atom. The maximum atomic E-state index is 11.0. The largest absolute Gasteiger partial charge is 0.339 e. The molecule has 0 saturated heterocycles. The first-order chi connectivity index (χ1) is 6.06. The molecule has 0 rings (SSSR count). The average molecular weight is 184 g/mol. The minimum Gasteiger partial charge on any atom is -0.339 e. The van der Waals surface area contributed by atoms with Gasteiger partial charge in [-0.2, -0.15) is 0 Å². The molecule has 0 aromatic carbocycles. The minimum absolute atomic E-state index is 0.0561. The van der Waals surface area contributed by atoms with E-state index in [1.807, 2.05) is 13.8 Å². The second-order valence-electron chi connectivity index (χ2n) is 3.12. The van der Waals surface area contributed by atoms with E-state index in [2.05, 4.69) is 17.2 Å². The lowest BCUT2D eigenvalue weighted by Gasteiger charge is -2.06. The summed E-state index contributed by atoms with van der Waals surface area (Å²) in [6.07, 6.45) is 1.64. The summed E-state index contributed by atoms with van der Waals surface area (Å²) in [5, 5.41) is 5.01. The van der Waals surface area contributed by atoms with Crippen LogP contribution in [0.2, 0.25) is 0 Å². The van der Waals surface area contributed by atoms with E-state index in [9.17, 15) is 9.59 Å². The molecular weight excluding hydrogens is 168 g/mol. The molecule has 0 aromatic heterocycles. The van der Waals surface area contributed by atoms with Gasteiger partial charge < -0.3 is 10.6 Å². The van der Waals surface area contributed by atoms with Gasteiger partial charge in [-0.05, 0) is 12.0 Å². The predicted molar refractivity (Wildman–Crippen MR) is 50.8 cm³/mol. The third-order valence-corrected chi connectivity index (χ3v) is 1.33. The van der Waals surface area contributed by atoms with Crippen molar-refractivity contribution in [3.63, 3.8) is 0 Å². The van der Waals surface area contributed by atoms with Crippen molar-refractivity contribution < 1.29 is 9.59 Å². The Kier molecular flexibility index (Phi) is 5.59. The number of carbonyl (C=O) groups excluding carboxylic acids is 2. The second kappa shape index (κ2) is 6.22. The van der Waals surface area contributed by atoms with Crippen LogP contribution >= 0.6 is 0 Å². The van der Waals surface area contributed by atoms with Crippen LogP contribution in [0.4, 0.5) is 0 Å². The number of nitrogens with one attached hydrogen (secondary N) is 2. The Labute approximate surface area is 78.4 Å². The van der Waals surface area contributed by atoms with Gasteiger partial charge in [-0.25, -0.2) is 0 Å². The molecule has 0 spiro atoms. The smallest absolute Gasteiger partial charge is 0.244 e. The van der Waals surface area contributed by atoms with Crippen molar-refractivity contribution in [1.29, 1.82) is 0 Å². The number of carbonyl (C=O) groups is 2. The van der Waals surface area contributed by atoms with Crippen LogP contribution in [0.3, 0.4) is 0 Å². The van der Waals surface area contributed by atoms with Crippen molar-refractivity contribution in [2.45, 2.75) is 20.3 Å². The molecule has 0 aliphatic carbocycles. The van der Waals surface area contributed by atoms with Gasteiger partial charge in [0.1, 0.15) is 0 Å². The van der Waals surface area contributed by atoms with Crippen LogP contribution in [0.5, 0.6) is 0 Å². The van der Waals surface area contributed by atoms with Gasteiger partial charge in [0.25, 0.3) is 0 Å². The highest BCUT2D eigenvalue weighted by Gasteiger charge is 2.03. The van der Waals surface area contributed by atoms with Crippen LogP contribution in [0.15, 0.2) is 12.7 Å². The Bertz CT molecular complexity index is 200. The van der Waals surface area contributed by atoms with Gasteiger partial charge in [0.15, 0.2) is 0 Å². The van der Waals surface area contributed by atoms with Gasteiger partial charge >= 0.3 is 0 Å². The molecule has 0 aliphatic rings. The number of rotatable bonds is 5. The van der Waals surface area contributed by atoms with Crippen molar-refractivity contribution in [2.24, 2.45) is 5.92 Å². The van der Waals surface area contributed by atoms with Gasteiger partial charge in [0, 0.05) is 6.42 Å². The SMILES string of the molecule is C=CC(=O)NCNC(=O)CC(C)C. The summed E-state index contributed by atoms with van der Waals surface area (Å²) >= 11 is 0. The molecule has 0 unspecified atom stereocenters. The fraction of sp³-hybridized carbons (Fsp3) is 0.556. The lowest BCUT2D eigenvalue weighted by molar-refractivity contribution is -0.122. The van der Waals surface area contributed by atoms with E-state index in [-0.39, 0.29) is 18.5 Å². The zero-order chi connectivity index (χ0) is 10.3. The molecule has 2 N–H and O–H groups in total. The minimum atomic E-state index is -0.287. The van der Waals surface area contributed by atoms with E-state index in [1.165, 1.54) is 0 Å². The van der Waals surface area contributed by atoms with Gasteiger partial charge in [-0.15, -0.1) is 0 Å². The first kappa shape index (κ1) is 11.7. The highest BCUT2D eigenvalue weighted by molar-refractivity contribution is 5.87. The van der Waals surface area contributed by atoms with E-state index in [0.29, 0.717) is 12.3 Å². The zero-order valence-corrected chi connectivity index (χ0v) is 8.09. The quantitative estimate of drug-likeness (QED) is 0.480. The van der Waals surface area contributed by atoms with E-state index in [1.54, 1.807) is 0 Å². The Morgan fingerprint density at radius 3 is 2.46 bits per heavy atom. The van der Waals surface area contributed by atoms with Gasteiger partial charge in [-0.3, -0.25) is 9.59 Å². The summed E-state index contributed by atoms with van der Waals surface area (Å²) in [4.78, 5) is 21.7. The maximum Gasteiger partial charge on any atom is 0.244 e. The first-order valence-electron chi connectivity index (χ1n) is 4.23. The van der Waals surface area contributed by atoms with Crippen LogP contribution < -0.4 is 10.6 Å². The lowest BCUT2D eigenvalue weighted by atomic mass is 10.1. The Hall–Kier alpha value is -1.32. The molecule has 13 heavy (non-hydrogen) atoms. The normalized spacial score (nSPS) is 9.46. The van der Waals surface area contributed by atoms with Crippen molar-refractivity contribution in [3.05, 3.63) is 12.7 Å². The average Bonchev–Trinajstić information content (AvgIpc) is 2.02. The van der Waals surface area contributed by atoms with Crippen molar-refractivity contribution in [3.8, 4) is 0 Å². The molecule has 0 heterocycles. The van der Waals surface area contributed by atoms with Crippen LogP contribution in [0, 0.1) is 5.92 Å². The predicted octanol–water partition coefficient (Wildman–Crippen LogP) is 0.408. The standard InChI is InChI=1S/C9H16N2O2/c1-4-8(12)10-6-11-9(13)5-7(2)3/h4,7H,1,5-6H2,2-3H3,(H,10,12)(H,11,13). The topological polar surface area (TPSA) is 58.2 Å². The summed E-state index contributed by atoms with van der Waals surface area (Å²) in [5.74, 6) is -0.0145. The summed E-state index contributed by atoms with van der Waals surface area (Å²) in [7, 11) is 0. The second-order valence-corrected chi connectivity index (χ2v) is 3.12. The number of hydrogen-bond donors (Lipinski definition) is 2. The van der Waals surface area contributed by atoms with Crippen LogP contribution in [-0.2, 0) is 9.59 Å².